The molecule has 1 aliphatic heterocycles. The van der Waals surface area contributed by atoms with E-state index in [1.807, 2.05) is 18.3 Å². The highest BCUT2D eigenvalue weighted by Crippen LogP contribution is 2.26. The third-order valence-electron chi connectivity index (χ3n) is 2.89. The molecule has 0 aliphatic carbocycles. The number of rotatable bonds is 2. The Morgan fingerprint density at radius 3 is 2.87 bits per heavy atom. The van der Waals surface area contributed by atoms with E-state index in [2.05, 4.69) is 38.5 Å². The normalized spacial score (nSPS) is 19.9. The van der Waals surface area contributed by atoms with Gasteiger partial charge in [0.2, 0.25) is 0 Å². The number of anilines is 1. The van der Waals surface area contributed by atoms with Crippen molar-refractivity contribution in [3.63, 3.8) is 0 Å². The average Bonchev–Trinajstić information content (AvgIpc) is 2.22. The van der Waals surface area contributed by atoms with Crippen molar-refractivity contribution in [3.8, 4) is 0 Å². The molecule has 2 rings (SSSR count). The number of pyridine rings is 1. The quantitative estimate of drug-likeness (QED) is 0.866. The molecule has 3 nitrogen and oxygen atoms in total. The number of aromatic nitrogens is 1. The van der Waals surface area contributed by atoms with Gasteiger partial charge in [-0.25, -0.2) is 4.98 Å². The van der Waals surface area contributed by atoms with E-state index >= 15 is 0 Å². The zero-order valence-corrected chi connectivity index (χ0v) is 10.5. The number of hydrogen-bond acceptors (Lipinski definition) is 3. The second-order valence-corrected chi connectivity index (χ2v) is 5.12. The molecule has 1 saturated heterocycles. The molecule has 2 N–H and O–H groups in total. The fourth-order valence-corrected chi connectivity index (χ4v) is 2.22. The molecule has 1 aromatic heterocycles. The summed E-state index contributed by atoms with van der Waals surface area (Å²) < 4.78 is 1.03. The Bertz CT molecular complexity index is 334. The van der Waals surface area contributed by atoms with Gasteiger partial charge in [0.25, 0.3) is 0 Å². The van der Waals surface area contributed by atoms with Crippen molar-refractivity contribution in [1.29, 1.82) is 0 Å². The smallest absolute Gasteiger partial charge is 0.140 e. The van der Waals surface area contributed by atoms with Gasteiger partial charge in [-0.1, -0.05) is 0 Å². The summed E-state index contributed by atoms with van der Waals surface area (Å²) in [6.45, 7) is 4.41. The second-order valence-electron chi connectivity index (χ2n) is 4.27. The van der Waals surface area contributed by atoms with Gasteiger partial charge < -0.3 is 10.6 Å². The summed E-state index contributed by atoms with van der Waals surface area (Å²) in [4.78, 5) is 4.34. The van der Waals surface area contributed by atoms with Crippen LogP contribution in [0.3, 0.4) is 0 Å². The van der Waals surface area contributed by atoms with Crippen LogP contribution in [0, 0.1) is 0 Å². The third-order valence-corrected chi connectivity index (χ3v) is 3.53. The average molecular weight is 270 g/mol. The van der Waals surface area contributed by atoms with Crippen molar-refractivity contribution >= 4 is 21.7 Å². The zero-order chi connectivity index (χ0) is 10.7. The highest BCUT2D eigenvalue weighted by molar-refractivity contribution is 9.10. The molecule has 0 amide bonds. The Morgan fingerprint density at radius 2 is 2.20 bits per heavy atom. The fourth-order valence-electron chi connectivity index (χ4n) is 1.87. The number of piperidine rings is 1. The van der Waals surface area contributed by atoms with Crippen LogP contribution in [-0.2, 0) is 0 Å². The maximum absolute atomic E-state index is 4.34. The van der Waals surface area contributed by atoms with Crippen molar-refractivity contribution in [2.24, 2.45) is 0 Å². The lowest BCUT2D eigenvalue weighted by Crippen LogP contribution is -2.45. The lowest BCUT2D eigenvalue weighted by atomic mass is 9.91. The third kappa shape index (κ3) is 2.69. The standard InChI is InChI=1S/C11H16BrN3/c1-11(4-7-13-8-5-11)15-10-9(12)3-2-6-14-10/h2-3,6,13H,4-5,7-8H2,1H3,(H,14,15). The molecule has 1 aromatic rings. The van der Waals surface area contributed by atoms with E-state index in [1.54, 1.807) is 0 Å². The van der Waals surface area contributed by atoms with Gasteiger partial charge in [-0.3, -0.25) is 0 Å². The molecule has 0 spiro atoms. The SMILES string of the molecule is CC1(Nc2ncccc2Br)CCNCC1. The van der Waals surface area contributed by atoms with Crippen molar-refractivity contribution in [3.05, 3.63) is 22.8 Å². The molecule has 0 atom stereocenters. The molecule has 0 radical (unpaired) electrons. The predicted molar refractivity (Wildman–Crippen MR) is 66.1 cm³/mol. The van der Waals surface area contributed by atoms with Crippen LogP contribution in [-0.4, -0.2) is 23.6 Å². The monoisotopic (exact) mass is 269 g/mol. The molecule has 0 unspecified atom stereocenters. The first-order valence-corrected chi connectivity index (χ1v) is 6.08. The van der Waals surface area contributed by atoms with E-state index in [4.69, 9.17) is 0 Å². The molecular weight excluding hydrogens is 254 g/mol. The molecule has 4 heteroatoms. The predicted octanol–water partition coefficient (Wildman–Crippen LogP) is 2.40. The minimum Gasteiger partial charge on any atom is -0.364 e. The molecule has 82 valence electrons. The van der Waals surface area contributed by atoms with Gasteiger partial charge in [-0.2, -0.15) is 0 Å². The Morgan fingerprint density at radius 1 is 1.47 bits per heavy atom. The number of hydrogen-bond donors (Lipinski definition) is 2. The molecule has 0 aromatic carbocycles. The Hall–Kier alpha value is -0.610. The molecule has 0 bridgehead atoms. The first-order chi connectivity index (χ1) is 7.20. The fraction of sp³-hybridized carbons (Fsp3) is 0.545. The molecule has 0 saturated carbocycles. The Kier molecular flexibility index (Phi) is 3.26. The number of nitrogens with zero attached hydrogens (tertiary/aromatic N) is 1. The van der Waals surface area contributed by atoms with Crippen LogP contribution in [0.1, 0.15) is 19.8 Å². The van der Waals surface area contributed by atoms with Gasteiger partial charge in [0.15, 0.2) is 0 Å². The van der Waals surface area contributed by atoms with E-state index < -0.39 is 0 Å². The lowest BCUT2D eigenvalue weighted by Gasteiger charge is -2.35. The Labute approximate surface area is 98.8 Å². The number of nitrogens with one attached hydrogen (secondary N) is 2. The van der Waals surface area contributed by atoms with Crippen molar-refractivity contribution in [1.82, 2.24) is 10.3 Å². The summed E-state index contributed by atoms with van der Waals surface area (Å²) in [7, 11) is 0. The van der Waals surface area contributed by atoms with Gasteiger partial charge in [0.1, 0.15) is 5.82 Å². The van der Waals surface area contributed by atoms with E-state index in [0.29, 0.717) is 0 Å². The summed E-state index contributed by atoms with van der Waals surface area (Å²) in [6, 6.07) is 3.94. The highest BCUT2D eigenvalue weighted by Gasteiger charge is 2.27. The molecule has 2 heterocycles. The van der Waals surface area contributed by atoms with Crippen LogP contribution in [0.25, 0.3) is 0 Å². The summed E-state index contributed by atoms with van der Waals surface area (Å²) in [5.74, 6) is 0.946. The topological polar surface area (TPSA) is 37.0 Å². The second kappa shape index (κ2) is 4.49. The maximum atomic E-state index is 4.34. The minimum atomic E-state index is 0.169. The first-order valence-electron chi connectivity index (χ1n) is 5.29. The summed E-state index contributed by atoms with van der Waals surface area (Å²) >= 11 is 3.51. The van der Waals surface area contributed by atoms with Crippen LogP contribution in [0.2, 0.25) is 0 Å². The summed E-state index contributed by atoms with van der Waals surface area (Å²) in [5.41, 5.74) is 0.169. The van der Waals surface area contributed by atoms with E-state index in [-0.39, 0.29) is 5.54 Å². The van der Waals surface area contributed by atoms with Gasteiger partial charge in [-0.15, -0.1) is 0 Å². The highest BCUT2D eigenvalue weighted by atomic mass is 79.9. The maximum Gasteiger partial charge on any atom is 0.140 e. The van der Waals surface area contributed by atoms with Crippen LogP contribution >= 0.6 is 15.9 Å². The van der Waals surface area contributed by atoms with Gasteiger partial charge in [0.05, 0.1) is 4.47 Å². The first kappa shape index (κ1) is 10.9. The number of halogens is 1. The van der Waals surface area contributed by atoms with Gasteiger partial charge in [-0.05, 0) is 60.9 Å². The molecular formula is C11H16BrN3. The summed E-state index contributed by atoms with van der Waals surface area (Å²) in [5, 5.41) is 6.90. The summed E-state index contributed by atoms with van der Waals surface area (Å²) in [6.07, 6.45) is 4.09. The zero-order valence-electron chi connectivity index (χ0n) is 8.89. The van der Waals surface area contributed by atoms with Crippen LogP contribution in [0.4, 0.5) is 5.82 Å². The van der Waals surface area contributed by atoms with E-state index in [1.165, 1.54) is 0 Å². The van der Waals surface area contributed by atoms with E-state index in [0.717, 1.165) is 36.2 Å². The molecule has 1 aliphatic rings. The van der Waals surface area contributed by atoms with Crippen molar-refractivity contribution < 1.29 is 0 Å². The van der Waals surface area contributed by atoms with Crippen LogP contribution in [0.5, 0.6) is 0 Å². The van der Waals surface area contributed by atoms with Gasteiger partial charge >= 0.3 is 0 Å². The largest absolute Gasteiger partial charge is 0.364 e. The van der Waals surface area contributed by atoms with Crippen LogP contribution in [0.15, 0.2) is 22.8 Å². The Balaban J connectivity index is 2.10. The molecule has 1 fully saturated rings. The van der Waals surface area contributed by atoms with Crippen LogP contribution < -0.4 is 10.6 Å². The van der Waals surface area contributed by atoms with Crippen molar-refractivity contribution in [2.75, 3.05) is 18.4 Å². The molecule has 15 heavy (non-hydrogen) atoms. The minimum absolute atomic E-state index is 0.169. The van der Waals surface area contributed by atoms with Gasteiger partial charge in [0, 0.05) is 11.7 Å². The lowest BCUT2D eigenvalue weighted by molar-refractivity contribution is 0.364. The van der Waals surface area contributed by atoms with E-state index in [9.17, 15) is 0 Å². The van der Waals surface area contributed by atoms with Crippen molar-refractivity contribution in [2.45, 2.75) is 25.3 Å².